The minimum Gasteiger partial charge on any atom is -0.465 e. The first kappa shape index (κ1) is 14.8. The highest BCUT2D eigenvalue weighted by Crippen LogP contribution is 2.21. The summed E-state index contributed by atoms with van der Waals surface area (Å²) in [5.74, 6) is -0.0597. The van der Waals surface area contributed by atoms with Gasteiger partial charge in [-0.1, -0.05) is 18.5 Å². The zero-order valence-corrected chi connectivity index (χ0v) is 11.6. The van der Waals surface area contributed by atoms with E-state index in [0.717, 1.165) is 0 Å². The zero-order chi connectivity index (χ0) is 13.5. The van der Waals surface area contributed by atoms with Crippen LogP contribution in [0.5, 0.6) is 0 Å². The molecule has 100 valence electrons. The summed E-state index contributed by atoms with van der Waals surface area (Å²) in [6.07, 6.45) is 0. The molecule has 5 heteroatoms. The third-order valence-corrected chi connectivity index (χ3v) is 2.71. The Morgan fingerprint density at radius 1 is 1.44 bits per heavy atom. The van der Waals surface area contributed by atoms with Gasteiger partial charge in [0.1, 0.15) is 0 Å². The monoisotopic (exact) mass is 271 g/mol. The maximum absolute atomic E-state index is 11.6. The van der Waals surface area contributed by atoms with Gasteiger partial charge in [0.05, 0.1) is 19.3 Å². The number of carbonyl (C=O) groups excluding carboxylic acids is 1. The quantitative estimate of drug-likeness (QED) is 0.809. The molecule has 0 saturated heterocycles. The standard InChI is InChI=1S/C13H18ClNO3/c1-9(8-17-2)7-15-12-5-4-10(14)6-11(12)13(16)18-3/h4-6,9,15H,7-8H2,1-3H3. The third-order valence-electron chi connectivity index (χ3n) is 2.48. The lowest BCUT2D eigenvalue weighted by atomic mass is 10.1. The molecule has 0 saturated carbocycles. The fraction of sp³-hybridized carbons (Fsp3) is 0.462. The Labute approximate surface area is 112 Å². The van der Waals surface area contributed by atoms with Gasteiger partial charge >= 0.3 is 5.97 Å². The molecule has 1 aromatic carbocycles. The van der Waals surface area contributed by atoms with Crippen LogP contribution >= 0.6 is 11.6 Å². The molecule has 18 heavy (non-hydrogen) atoms. The molecule has 1 unspecified atom stereocenters. The summed E-state index contributed by atoms with van der Waals surface area (Å²) in [5.41, 5.74) is 1.16. The molecule has 0 bridgehead atoms. The fourth-order valence-corrected chi connectivity index (χ4v) is 1.75. The maximum atomic E-state index is 11.6. The molecule has 1 aromatic rings. The maximum Gasteiger partial charge on any atom is 0.340 e. The minimum absolute atomic E-state index is 0.344. The Kier molecular flexibility index (Phi) is 5.95. The van der Waals surface area contributed by atoms with Crippen LogP contribution in [0.4, 0.5) is 5.69 Å². The van der Waals surface area contributed by atoms with Crippen LogP contribution in [-0.2, 0) is 9.47 Å². The average Bonchev–Trinajstić information content (AvgIpc) is 2.36. The summed E-state index contributed by atoms with van der Waals surface area (Å²) in [6, 6.07) is 5.10. The summed E-state index contributed by atoms with van der Waals surface area (Å²) in [7, 11) is 3.01. The number of carbonyl (C=O) groups is 1. The minimum atomic E-state index is -0.403. The molecule has 0 aliphatic carbocycles. The molecule has 0 aliphatic heterocycles. The van der Waals surface area contributed by atoms with Crippen molar-refractivity contribution in [1.29, 1.82) is 0 Å². The molecule has 0 aromatic heterocycles. The lowest BCUT2D eigenvalue weighted by molar-refractivity contribution is 0.0602. The van der Waals surface area contributed by atoms with Gasteiger partial charge in [0.15, 0.2) is 0 Å². The van der Waals surface area contributed by atoms with Gasteiger partial charge in [-0.25, -0.2) is 4.79 Å². The van der Waals surface area contributed by atoms with Gasteiger partial charge in [0.2, 0.25) is 0 Å². The summed E-state index contributed by atoms with van der Waals surface area (Å²) < 4.78 is 9.78. The molecule has 0 radical (unpaired) electrons. The molecule has 1 rings (SSSR count). The van der Waals surface area contributed by atoms with E-state index in [9.17, 15) is 4.79 Å². The SMILES string of the molecule is COCC(C)CNc1ccc(Cl)cc1C(=O)OC. The van der Waals surface area contributed by atoms with Crippen LogP contribution in [0.1, 0.15) is 17.3 Å². The Bertz CT molecular complexity index is 409. The number of halogens is 1. The van der Waals surface area contributed by atoms with Crippen LogP contribution in [0.15, 0.2) is 18.2 Å². The number of benzene rings is 1. The molecular formula is C13H18ClNO3. The summed E-state index contributed by atoms with van der Waals surface area (Å²) >= 11 is 5.87. The second kappa shape index (κ2) is 7.24. The molecule has 4 nitrogen and oxygen atoms in total. The first-order valence-corrected chi connectivity index (χ1v) is 6.07. The molecule has 0 spiro atoms. The predicted octanol–water partition coefficient (Wildman–Crippen LogP) is 2.82. The molecule has 0 aliphatic rings. The van der Waals surface area contributed by atoms with Crippen LogP contribution in [0, 0.1) is 5.92 Å². The van der Waals surface area contributed by atoms with Crippen LogP contribution < -0.4 is 5.32 Å². The van der Waals surface area contributed by atoms with Crippen molar-refractivity contribution in [2.24, 2.45) is 5.92 Å². The largest absolute Gasteiger partial charge is 0.465 e. The lowest BCUT2D eigenvalue weighted by Crippen LogP contribution is -2.17. The summed E-state index contributed by atoms with van der Waals surface area (Å²) in [4.78, 5) is 11.6. The lowest BCUT2D eigenvalue weighted by Gasteiger charge is -2.15. The third kappa shape index (κ3) is 4.20. The van der Waals surface area contributed by atoms with E-state index in [0.29, 0.717) is 35.3 Å². The van der Waals surface area contributed by atoms with E-state index in [1.54, 1.807) is 25.3 Å². The van der Waals surface area contributed by atoms with Crippen molar-refractivity contribution < 1.29 is 14.3 Å². The number of esters is 1. The smallest absolute Gasteiger partial charge is 0.340 e. The second-order valence-corrected chi connectivity index (χ2v) is 4.56. The van der Waals surface area contributed by atoms with Gasteiger partial charge in [-0.05, 0) is 24.1 Å². The van der Waals surface area contributed by atoms with Gasteiger partial charge in [0, 0.05) is 24.4 Å². The van der Waals surface area contributed by atoms with E-state index in [-0.39, 0.29) is 0 Å². The first-order valence-electron chi connectivity index (χ1n) is 5.69. The number of ether oxygens (including phenoxy) is 2. The Hall–Kier alpha value is -1.26. The first-order chi connectivity index (χ1) is 8.58. The molecular weight excluding hydrogens is 254 g/mol. The van der Waals surface area contributed by atoms with E-state index in [2.05, 4.69) is 12.2 Å². The number of methoxy groups -OCH3 is 2. The van der Waals surface area contributed by atoms with E-state index in [4.69, 9.17) is 21.1 Å². The second-order valence-electron chi connectivity index (χ2n) is 4.12. The number of nitrogens with one attached hydrogen (secondary N) is 1. The van der Waals surface area contributed by atoms with Gasteiger partial charge in [-0.15, -0.1) is 0 Å². The number of anilines is 1. The average molecular weight is 272 g/mol. The zero-order valence-electron chi connectivity index (χ0n) is 10.8. The van der Waals surface area contributed by atoms with Crippen molar-refractivity contribution in [1.82, 2.24) is 0 Å². The van der Waals surface area contributed by atoms with E-state index in [1.165, 1.54) is 7.11 Å². The van der Waals surface area contributed by atoms with Crippen LogP contribution in [0.3, 0.4) is 0 Å². The molecule has 1 N–H and O–H groups in total. The summed E-state index contributed by atoms with van der Waals surface area (Å²) in [5, 5.41) is 3.71. The number of hydrogen-bond donors (Lipinski definition) is 1. The van der Waals surface area contributed by atoms with Gasteiger partial charge in [-0.3, -0.25) is 0 Å². The predicted molar refractivity (Wildman–Crippen MR) is 72.3 cm³/mol. The van der Waals surface area contributed by atoms with E-state index < -0.39 is 5.97 Å². The van der Waals surface area contributed by atoms with Crippen molar-refractivity contribution in [3.63, 3.8) is 0 Å². The molecule has 0 fully saturated rings. The molecule has 0 heterocycles. The number of rotatable bonds is 6. The van der Waals surface area contributed by atoms with Crippen molar-refractivity contribution in [2.45, 2.75) is 6.92 Å². The highest BCUT2D eigenvalue weighted by molar-refractivity contribution is 6.31. The Balaban J connectivity index is 2.78. The Morgan fingerprint density at radius 3 is 2.78 bits per heavy atom. The highest BCUT2D eigenvalue weighted by Gasteiger charge is 2.13. The van der Waals surface area contributed by atoms with E-state index >= 15 is 0 Å². The van der Waals surface area contributed by atoms with Crippen LogP contribution in [0.2, 0.25) is 5.02 Å². The fourth-order valence-electron chi connectivity index (χ4n) is 1.58. The van der Waals surface area contributed by atoms with Crippen molar-refractivity contribution in [2.75, 3.05) is 32.7 Å². The van der Waals surface area contributed by atoms with E-state index in [1.807, 2.05) is 0 Å². The highest BCUT2D eigenvalue weighted by atomic mass is 35.5. The summed E-state index contributed by atoms with van der Waals surface area (Å²) in [6.45, 7) is 3.43. The molecule has 0 amide bonds. The number of hydrogen-bond acceptors (Lipinski definition) is 4. The van der Waals surface area contributed by atoms with Crippen LogP contribution in [-0.4, -0.2) is 33.3 Å². The van der Waals surface area contributed by atoms with Crippen molar-refractivity contribution in [3.05, 3.63) is 28.8 Å². The Morgan fingerprint density at radius 2 is 2.17 bits per heavy atom. The van der Waals surface area contributed by atoms with Gasteiger partial charge in [0.25, 0.3) is 0 Å². The normalized spacial score (nSPS) is 12.0. The van der Waals surface area contributed by atoms with Crippen molar-refractivity contribution in [3.8, 4) is 0 Å². The van der Waals surface area contributed by atoms with Crippen LogP contribution in [0.25, 0.3) is 0 Å². The topological polar surface area (TPSA) is 47.6 Å². The van der Waals surface area contributed by atoms with Gasteiger partial charge < -0.3 is 14.8 Å². The van der Waals surface area contributed by atoms with Crippen molar-refractivity contribution >= 4 is 23.3 Å². The van der Waals surface area contributed by atoms with Gasteiger partial charge in [-0.2, -0.15) is 0 Å². The molecule has 1 atom stereocenters.